The zero-order valence-electron chi connectivity index (χ0n) is 16.7. The second-order valence-electron chi connectivity index (χ2n) is 7.94. The highest BCUT2D eigenvalue weighted by Gasteiger charge is 2.28. The lowest BCUT2D eigenvalue weighted by molar-refractivity contribution is 0.488. The van der Waals surface area contributed by atoms with E-state index in [0.717, 1.165) is 30.8 Å². The molecule has 2 atom stereocenters. The first-order chi connectivity index (χ1) is 13.6. The molecule has 1 aliphatic heterocycles. The van der Waals surface area contributed by atoms with E-state index in [0.29, 0.717) is 5.92 Å². The van der Waals surface area contributed by atoms with Gasteiger partial charge in [0.2, 0.25) is 5.56 Å². The van der Waals surface area contributed by atoms with Gasteiger partial charge < -0.3 is 9.55 Å². The van der Waals surface area contributed by atoms with Crippen molar-refractivity contribution >= 4 is 15.6 Å². The molecule has 4 nitrogen and oxygen atoms in total. The minimum atomic E-state index is -0.919. The maximum atomic E-state index is 11.6. The molecule has 0 fully saturated rings. The number of pyridine rings is 1. The van der Waals surface area contributed by atoms with Crippen LogP contribution in [0.1, 0.15) is 44.0 Å². The molecule has 3 heterocycles. The van der Waals surface area contributed by atoms with E-state index in [4.69, 9.17) is 0 Å². The molecule has 0 bridgehead atoms. The molecule has 0 aromatic carbocycles. The van der Waals surface area contributed by atoms with Gasteiger partial charge in [0.25, 0.3) is 0 Å². The number of aryl methyl sites for hydroxylation is 1. The third kappa shape index (κ3) is 3.95. The summed E-state index contributed by atoms with van der Waals surface area (Å²) in [6.07, 6.45) is 17.9. The summed E-state index contributed by atoms with van der Waals surface area (Å²) in [7, 11) is -0.919. The van der Waals surface area contributed by atoms with Gasteiger partial charge in [-0.2, -0.15) is 10.0 Å². The number of hydrogen-bond acceptors (Lipinski definition) is 2. The standard InChI is InChI=1S/C23H29N3OS/c1-3-26-17-24-15-20(26)16-28(2)13-5-6-21(28)14-18-9-11-19(12-10-18)22-7-4-8-23(27)25-22/h4-8,11,13,15,17-18H,3,9-10,12,14,16H2,1-2H3,(H,25,27). The van der Waals surface area contributed by atoms with Crippen LogP contribution in [-0.2, 0) is 12.3 Å². The van der Waals surface area contributed by atoms with Gasteiger partial charge in [-0.05, 0) is 66.7 Å². The number of nitrogens with zero attached hydrogens (tertiary/aromatic N) is 2. The normalized spacial score (nSPS) is 26.6. The molecular weight excluding hydrogens is 366 g/mol. The summed E-state index contributed by atoms with van der Waals surface area (Å²) >= 11 is 0. The lowest BCUT2D eigenvalue weighted by Gasteiger charge is -2.35. The average molecular weight is 396 g/mol. The summed E-state index contributed by atoms with van der Waals surface area (Å²) in [5, 5.41) is 2.44. The summed E-state index contributed by atoms with van der Waals surface area (Å²) in [6, 6.07) is 5.42. The molecule has 1 N–H and O–H groups in total. The Bertz CT molecular complexity index is 997. The second kappa shape index (κ2) is 8.00. The van der Waals surface area contributed by atoms with Crippen molar-refractivity contribution in [2.45, 2.75) is 44.9 Å². The van der Waals surface area contributed by atoms with Crippen molar-refractivity contribution in [3.05, 3.63) is 81.0 Å². The molecule has 0 radical (unpaired) electrons. The number of hydrogen-bond donors (Lipinski definition) is 1. The quantitative estimate of drug-likeness (QED) is 0.730. The average Bonchev–Trinajstić information content (AvgIpc) is 3.29. The first-order valence-corrected chi connectivity index (χ1v) is 12.4. The number of allylic oxidation sites excluding steroid dienone is 5. The number of nitrogens with one attached hydrogen (secondary N) is 1. The van der Waals surface area contributed by atoms with Gasteiger partial charge in [-0.15, -0.1) is 0 Å². The van der Waals surface area contributed by atoms with Crippen LogP contribution in [0, 0.1) is 5.92 Å². The zero-order valence-corrected chi connectivity index (χ0v) is 17.5. The summed E-state index contributed by atoms with van der Waals surface area (Å²) in [4.78, 5) is 20.5. The minimum Gasteiger partial charge on any atom is -0.334 e. The van der Waals surface area contributed by atoms with E-state index in [1.807, 2.05) is 24.7 Å². The van der Waals surface area contributed by atoms with E-state index in [-0.39, 0.29) is 5.56 Å². The largest absolute Gasteiger partial charge is 0.334 e. The Balaban J connectivity index is 1.42. The van der Waals surface area contributed by atoms with Crippen molar-refractivity contribution < 1.29 is 0 Å². The Kier molecular flexibility index (Phi) is 5.44. The van der Waals surface area contributed by atoms with E-state index in [1.54, 1.807) is 11.0 Å². The van der Waals surface area contributed by atoms with Crippen LogP contribution in [0.25, 0.3) is 5.57 Å². The van der Waals surface area contributed by atoms with Gasteiger partial charge in [0.1, 0.15) is 0 Å². The third-order valence-corrected chi connectivity index (χ3v) is 9.12. The van der Waals surface area contributed by atoms with E-state index in [9.17, 15) is 4.79 Å². The highest BCUT2D eigenvalue weighted by molar-refractivity contribution is 8.38. The van der Waals surface area contributed by atoms with Crippen LogP contribution < -0.4 is 5.56 Å². The third-order valence-electron chi connectivity index (χ3n) is 5.97. The van der Waals surface area contributed by atoms with Gasteiger partial charge in [-0.25, -0.2) is 4.98 Å². The molecule has 0 saturated heterocycles. The van der Waals surface area contributed by atoms with Gasteiger partial charge >= 0.3 is 0 Å². The maximum Gasteiger partial charge on any atom is 0.248 e. The van der Waals surface area contributed by atoms with Crippen LogP contribution in [0.3, 0.4) is 0 Å². The van der Waals surface area contributed by atoms with E-state index < -0.39 is 10.0 Å². The lowest BCUT2D eigenvalue weighted by atomic mass is 9.86. The molecular formula is C23H29N3OS. The molecule has 0 saturated carbocycles. The molecule has 28 heavy (non-hydrogen) atoms. The molecule has 2 aliphatic rings. The number of H-pyrrole nitrogens is 1. The predicted octanol–water partition coefficient (Wildman–Crippen LogP) is 5.21. The summed E-state index contributed by atoms with van der Waals surface area (Å²) in [5.41, 5.74) is 3.59. The molecule has 1 aliphatic carbocycles. The molecule has 2 unspecified atom stereocenters. The van der Waals surface area contributed by atoms with Crippen molar-refractivity contribution in [2.24, 2.45) is 5.92 Å². The van der Waals surface area contributed by atoms with Crippen LogP contribution in [0.4, 0.5) is 0 Å². The van der Waals surface area contributed by atoms with E-state index >= 15 is 0 Å². The Morgan fingerprint density at radius 3 is 3.00 bits per heavy atom. The van der Waals surface area contributed by atoms with Crippen molar-refractivity contribution in [3.8, 4) is 0 Å². The topological polar surface area (TPSA) is 50.7 Å². The van der Waals surface area contributed by atoms with Gasteiger partial charge in [-0.1, -0.05) is 24.3 Å². The maximum absolute atomic E-state index is 11.6. The second-order valence-corrected chi connectivity index (χ2v) is 11.3. The Labute approximate surface area is 168 Å². The predicted molar refractivity (Wildman–Crippen MR) is 119 cm³/mol. The Hall–Kier alpha value is -2.27. The lowest BCUT2D eigenvalue weighted by Crippen LogP contribution is -2.12. The van der Waals surface area contributed by atoms with Gasteiger partial charge in [-0.3, -0.25) is 4.79 Å². The van der Waals surface area contributed by atoms with Crippen LogP contribution in [0.5, 0.6) is 0 Å². The monoisotopic (exact) mass is 395 g/mol. The Morgan fingerprint density at radius 2 is 2.25 bits per heavy atom. The van der Waals surface area contributed by atoms with Crippen molar-refractivity contribution in [1.29, 1.82) is 0 Å². The molecule has 5 heteroatoms. The Morgan fingerprint density at radius 1 is 1.36 bits per heavy atom. The fourth-order valence-electron chi connectivity index (χ4n) is 4.26. The van der Waals surface area contributed by atoms with Crippen LogP contribution in [-0.4, -0.2) is 20.8 Å². The van der Waals surface area contributed by atoms with Crippen molar-refractivity contribution in [1.82, 2.24) is 14.5 Å². The number of aromatic nitrogens is 3. The molecule has 0 spiro atoms. The molecule has 2 aromatic rings. The SMILES string of the molecule is CCn1cncc1CS1(C)C=CC=C1CC1CC=C(c2cccc(=O)[nH]2)CC1. The van der Waals surface area contributed by atoms with Crippen LogP contribution >= 0.6 is 10.0 Å². The van der Waals surface area contributed by atoms with Crippen molar-refractivity contribution in [2.75, 3.05) is 6.26 Å². The molecule has 4 rings (SSSR count). The van der Waals surface area contributed by atoms with Crippen LogP contribution in [0.15, 0.2) is 64.1 Å². The summed E-state index contributed by atoms with van der Waals surface area (Å²) < 4.78 is 2.26. The van der Waals surface area contributed by atoms with Crippen LogP contribution in [0.2, 0.25) is 0 Å². The zero-order chi connectivity index (χ0) is 19.6. The van der Waals surface area contributed by atoms with E-state index in [2.05, 4.69) is 51.4 Å². The smallest absolute Gasteiger partial charge is 0.248 e. The summed E-state index contributed by atoms with van der Waals surface area (Å²) in [5.74, 6) is 1.77. The number of rotatable bonds is 6. The van der Waals surface area contributed by atoms with Gasteiger partial charge in [0, 0.05) is 35.9 Å². The first kappa shape index (κ1) is 19.1. The molecule has 0 amide bonds. The van der Waals surface area contributed by atoms with E-state index in [1.165, 1.54) is 24.1 Å². The number of aromatic amines is 1. The van der Waals surface area contributed by atoms with Gasteiger partial charge in [0.05, 0.1) is 6.33 Å². The fraction of sp³-hybridized carbons (Fsp3) is 0.391. The summed E-state index contributed by atoms with van der Waals surface area (Å²) in [6.45, 7) is 3.15. The molecule has 148 valence electrons. The highest BCUT2D eigenvalue weighted by Crippen LogP contribution is 2.61. The molecule has 2 aromatic heterocycles. The van der Waals surface area contributed by atoms with Gasteiger partial charge in [0.15, 0.2) is 0 Å². The highest BCUT2D eigenvalue weighted by atomic mass is 32.3. The van der Waals surface area contributed by atoms with Crippen molar-refractivity contribution in [3.63, 3.8) is 0 Å². The number of imidazole rings is 1. The first-order valence-electron chi connectivity index (χ1n) is 10.1. The minimum absolute atomic E-state index is 0.0200. The fourth-order valence-corrected chi connectivity index (χ4v) is 7.00.